The van der Waals surface area contributed by atoms with Gasteiger partial charge in [0.05, 0.1) is 29.7 Å². The Bertz CT molecular complexity index is 1060. The summed E-state index contributed by atoms with van der Waals surface area (Å²) in [6.07, 6.45) is 4.39. The second-order valence-electron chi connectivity index (χ2n) is 8.21. The molecule has 7 heteroatoms. The molecule has 0 aliphatic carbocycles. The Morgan fingerprint density at radius 1 is 1.16 bits per heavy atom. The summed E-state index contributed by atoms with van der Waals surface area (Å²) >= 11 is 0. The number of carbonyl (C=O) groups is 1. The van der Waals surface area contributed by atoms with E-state index in [0.29, 0.717) is 25.2 Å². The zero-order chi connectivity index (χ0) is 22.3. The summed E-state index contributed by atoms with van der Waals surface area (Å²) < 4.78 is 0. The van der Waals surface area contributed by atoms with Gasteiger partial charge in [0, 0.05) is 38.9 Å². The van der Waals surface area contributed by atoms with Gasteiger partial charge >= 0.3 is 6.03 Å². The lowest BCUT2D eigenvalue weighted by molar-refractivity contribution is 0.106. The molecular weight excluding hydrogens is 400 g/mol. The largest absolute Gasteiger partial charge is 0.347 e. The summed E-state index contributed by atoms with van der Waals surface area (Å²) in [7, 11) is 0. The molecule has 4 rings (SSSR count). The van der Waals surface area contributed by atoms with Gasteiger partial charge < -0.3 is 15.2 Å². The van der Waals surface area contributed by atoms with Crippen LogP contribution in [0.3, 0.4) is 0 Å². The molecule has 7 nitrogen and oxygen atoms in total. The number of rotatable bonds is 6. The molecule has 1 atom stereocenters. The van der Waals surface area contributed by atoms with Gasteiger partial charge in [0.15, 0.2) is 0 Å². The van der Waals surface area contributed by atoms with Crippen molar-refractivity contribution in [3.05, 3.63) is 89.0 Å². The minimum Gasteiger partial charge on any atom is -0.347 e. The number of imidazole rings is 1. The van der Waals surface area contributed by atoms with Crippen LogP contribution < -0.4 is 5.32 Å². The lowest BCUT2D eigenvalue weighted by atomic mass is 10.0. The van der Waals surface area contributed by atoms with E-state index < -0.39 is 0 Å². The van der Waals surface area contributed by atoms with Crippen LogP contribution in [0.2, 0.25) is 0 Å². The summed E-state index contributed by atoms with van der Waals surface area (Å²) in [6.45, 7) is 5.53. The van der Waals surface area contributed by atoms with E-state index in [4.69, 9.17) is 5.26 Å². The average Bonchev–Trinajstić information content (AvgIpc) is 3.36. The molecule has 0 bridgehead atoms. The lowest BCUT2D eigenvalue weighted by Gasteiger charge is -2.39. The van der Waals surface area contributed by atoms with Crippen LogP contribution in [-0.2, 0) is 13.0 Å². The predicted molar refractivity (Wildman–Crippen MR) is 123 cm³/mol. The minimum atomic E-state index is -0.0173. The molecule has 1 aromatic heterocycles. The number of amides is 2. The second kappa shape index (κ2) is 10.1. The molecular formula is C25H28N6O. The maximum absolute atomic E-state index is 12.7. The topological polar surface area (TPSA) is 88.1 Å². The van der Waals surface area contributed by atoms with Gasteiger partial charge in [-0.25, -0.2) is 9.78 Å². The molecule has 0 saturated carbocycles. The van der Waals surface area contributed by atoms with Gasteiger partial charge in [0.2, 0.25) is 0 Å². The standard InChI is InChI=1S/C25H28N6O/c1-19-3-2-4-22(13-19)16-28-25(32)31-11-9-30(10-12-31)24(23-17-27-18-29-23)14-20-5-7-21(15-26)8-6-20/h2-8,13,17-18,24H,9-12,14,16H2,1H3,(H,27,29)(H,28,32). The number of carbonyl (C=O) groups excluding carboxylic acids is 1. The van der Waals surface area contributed by atoms with Crippen molar-refractivity contribution in [2.75, 3.05) is 26.2 Å². The number of aryl methyl sites for hydroxylation is 1. The van der Waals surface area contributed by atoms with Gasteiger partial charge in [-0.15, -0.1) is 0 Å². The Hall–Kier alpha value is -3.63. The molecule has 2 heterocycles. The lowest BCUT2D eigenvalue weighted by Crippen LogP contribution is -2.52. The van der Waals surface area contributed by atoms with E-state index in [1.165, 1.54) is 11.1 Å². The molecule has 2 N–H and O–H groups in total. The fourth-order valence-corrected chi connectivity index (χ4v) is 4.17. The van der Waals surface area contributed by atoms with E-state index in [1.54, 1.807) is 6.33 Å². The summed E-state index contributed by atoms with van der Waals surface area (Å²) in [5.74, 6) is 0. The first-order valence-electron chi connectivity index (χ1n) is 10.9. The molecule has 2 amide bonds. The first kappa shape index (κ1) is 21.6. The highest BCUT2D eigenvalue weighted by Gasteiger charge is 2.28. The third kappa shape index (κ3) is 5.34. The van der Waals surface area contributed by atoms with Gasteiger partial charge in [0.25, 0.3) is 0 Å². The van der Waals surface area contributed by atoms with Crippen molar-refractivity contribution < 1.29 is 4.79 Å². The van der Waals surface area contributed by atoms with Crippen molar-refractivity contribution in [3.63, 3.8) is 0 Å². The van der Waals surface area contributed by atoms with E-state index in [9.17, 15) is 4.79 Å². The van der Waals surface area contributed by atoms with Crippen LogP contribution in [0.25, 0.3) is 0 Å². The number of hydrogen-bond acceptors (Lipinski definition) is 4. The van der Waals surface area contributed by atoms with Crippen molar-refractivity contribution in [2.45, 2.75) is 25.9 Å². The van der Waals surface area contributed by atoms with Gasteiger partial charge in [-0.3, -0.25) is 4.90 Å². The smallest absolute Gasteiger partial charge is 0.317 e. The maximum Gasteiger partial charge on any atom is 0.317 e. The predicted octanol–water partition coefficient (Wildman–Crippen LogP) is 3.40. The normalized spacial score (nSPS) is 15.2. The molecule has 32 heavy (non-hydrogen) atoms. The van der Waals surface area contributed by atoms with E-state index in [1.807, 2.05) is 47.5 Å². The van der Waals surface area contributed by atoms with Gasteiger partial charge in [-0.1, -0.05) is 42.0 Å². The van der Waals surface area contributed by atoms with E-state index in [-0.39, 0.29) is 12.1 Å². The maximum atomic E-state index is 12.7. The van der Waals surface area contributed by atoms with Gasteiger partial charge in [0.1, 0.15) is 0 Å². The van der Waals surface area contributed by atoms with Crippen LogP contribution in [0.5, 0.6) is 0 Å². The SMILES string of the molecule is Cc1cccc(CNC(=O)N2CCN(C(Cc3ccc(C#N)cc3)c3cnc[nH]3)CC2)c1. The number of piperazine rings is 1. The quantitative estimate of drug-likeness (QED) is 0.630. The number of nitrogens with zero attached hydrogens (tertiary/aromatic N) is 4. The highest BCUT2D eigenvalue weighted by molar-refractivity contribution is 5.74. The number of hydrogen-bond donors (Lipinski definition) is 2. The van der Waals surface area contributed by atoms with Crippen LogP contribution in [-0.4, -0.2) is 52.0 Å². The second-order valence-corrected chi connectivity index (χ2v) is 8.21. The number of nitriles is 1. The Morgan fingerprint density at radius 3 is 2.59 bits per heavy atom. The Labute approximate surface area is 188 Å². The van der Waals surface area contributed by atoms with Crippen molar-refractivity contribution >= 4 is 6.03 Å². The highest BCUT2D eigenvalue weighted by Crippen LogP contribution is 2.25. The van der Waals surface area contributed by atoms with E-state index in [0.717, 1.165) is 30.8 Å². The third-order valence-corrected chi connectivity index (χ3v) is 5.96. The fourth-order valence-electron chi connectivity index (χ4n) is 4.17. The van der Waals surface area contributed by atoms with Crippen molar-refractivity contribution in [1.29, 1.82) is 5.26 Å². The molecule has 0 spiro atoms. The number of aromatic amines is 1. The molecule has 0 radical (unpaired) electrons. The number of benzene rings is 2. The average molecular weight is 429 g/mol. The Balaban J connectivity index is 1.35. The molecule has 3 aromatic rings. The van der Waals surface area contributed by atoms with Crippen molar-refractivity contribution in [1.82, 2.24) is 25.1 Å². The number of aromatic nitrogens is 2. The third-order valence-electron chi connectivity index (χ3n) is 5.96. The number of nitrogens with one attached hydrogen (secondary N) is 2. The van der Waals surface area contributed by atoms with Crippen LogP contribution >= 0.6 is 0 Å². The summed E-state index contributed by atoms with van der Waals surface area (Å²) in [5, 5.41) is 12.1. The monoisotopic (exact) mass is 428 g/mol. The molecule has 2 aromatic carbocycles. The zero-order valence-electron chi connectivity index (χ0n) is 18.3. The Morgan fingerprint density at radius 2 is 1.94 bits per heavy atom. The summed E-state index contributed by atoms with van der Waals surface area (Å²) in [6, 6.07) is 18.2. The minimum absolute atomic E-state index is 0.0173. The number of urea groups is 1. The molecule has 1 aliphatic rings. The van der Waals surface area contributed by atoms with Crippen LogP contribution in [0, 0.1) is 18.3 Å². The summed E-state index contributed by atoms with van der Waals surface area (Å²) in [5.41, 5.74) is 5.20. The molecule has 1 unspecified atom stereocenters. The first-order chi connectivity index (χ1) is 15.6. The molecule has 1 fully saturated rings. The van der Waals surface area contributed by atoms with E-state index >= 15 is 0 Å². The van der Waals surface area contributed by atoms with E-state index in [2.05, 4.69) is 45.3 Å². The molecule has 1 saturated heterocycles. The number of H-pyrrole nitrogens is 1. The van der Waals surface area contributed by atoms with Gasteiger partial charge in [-0.2, -0.15) is 5.26 Å². The van der Waals surface area contributed by atoms with Gasteiger partial charge in [-0.05, 0) is 36.6 Å². The fraction of sp³-hybridized carbons (Fsp3) is 0.320. The zero-order valence-corrected chi connectivity index (χ0v) is 18.3. The molecule has 1 aliphatic heterocycles. The van der Waals surface area contributed by atoms with Crippen molar-refractivity contribution in [2.24, 2.45) is 0 Å². The van der Waals surface area contributed by atoms with Crippen LogP contribution in [0.4, 0.5) is 4.79 Å². The van der Waals surface area contributed by atoms with Crippen molar-refractivity contribution in [3.8, 4) is 6.07 Å². The van der Waals surface area contributed by atoms with Crippen LogP contribution in [0.15, 0.2) is 61.1 Å². The van der Waals surface area contributed by atoms with Crippen LogP contribution in [0.1, 0.15) is 34.0 Å². The summed E-state index contributed by atoms with van der Waals surface area (Å²) in [4.78, 5) is 24.4. The Kier molecular flexibility index (Phi) is 6.83. The first-order valence-corrected chi connectivity index (χ1v) is 10.9. The highest BCUT2D eigenvalue weighted by atomic mass is 16.2. The molecule has 164 valence electrons.